The Morgan fingerprint density at radius 3 is 2.66 bits per heavy atom. The average Bonchev–Trinajstić information content (AvgIpc) is 3.44. The quantitative estimate of drug-likeness (QED) is 0.155. The molecule has 0 saturated heterocycles. The van der Waals surface area contributed by atoms with Gasteiger partial charge in [-0.15, -0.1) is 28.1 Å². The van der Waals surface area contributed by atoms with E-state index in [4.69, 9.17) is 9.47 Å². The molecule has 8 nitrogen and oxygen atoms in total. The maximum absolute atomic E-state index is 13.0. The Balaban J connectivity index is 1.46. The summed E-state index contributed by atoms with van der Waals surface area (Å²) < 4.78 is 14.0. The number of carbonyl (C=O) groups excluding carboxylic acids is 2. The van der Waals surface area contributed by atoms with E-state index in [0.717, 1.165) is 42.1 Å². The van der Waals surface area contributed by atoms with Crippen LogP contribution in [0.15, 0.2) is 46.5 Å². The fourth-order valence-electron chi connectivity index (χ4n) is 4.40. The summed E-state index contributed by atoms with van der Waals surface area (Å²) in [5, 5.41) is 12.8. The SMILES string of the molecule is C=CCn1c(SCC(=O)Nc2sc3c(c2C(=O)OC)CCCCCC3)nnc1C(C)Oc1ccc(Br)cc1. The Bertz CT molecular complexity index is 1290. The number of hydrogen-bond donors (Lipinski definition) is 1. The summed E-state index contributed by atoms with van der Waals surface area (Å²) in [5.41, 5.74) is 1.53. The summed E-state index contributed by atoms with van der Waals surface area (Å²) in [5.74, 6) is 0.848. The van der Waals surface area contributed by atoms with Crippen LogP contribution in [0.3, 0.4) is 0 Å². The molecule has 4 rings (SSSR count). The van der Waals surface area contributed by atoms with Crippen molar-refractivity contribution in [2.45, 2.75) is 63.3 Å². The second-order valence-electron chi connectivity index (χ2n) is 8.90. The van der Waals surface area contributed by atoms with Crippen molar-refractivity contribution in [3.8, 4) is 5.75 Å². The molecule has 0 spiro atoms. The minimum atomic E-state index is -0.402. The third kappa shape index (κ3) is 6.86. The van der Waals surface area contributed by atoms with E-state index < -0.39 is 5.97 Å². The molecule has 1 aliphatic rings. The third-order valence-electron chi connectivity index (χ3n) is 6.19. The van der Waals surface area contributed by atoms with Crippen LogP contribution in [0.1, 0.15) is 65.3 Å². The highest BCUT2D eigenvalue weighted by Gasteiger charge is 2.26. The number of esters is 1. The van der Waals surface area contributed by atoms with E-state index in [1.54, 1.807) is 6.08 Å². The van der Waals surface area contributed by atoms with Crippen LogP contribution in [-0.4, -0.2) is 39.5 Å². The van der Waals surface area contributed by atoms with Gasteiger partial charge in [-0.25, -0.2) is 4.79 Å². The number of aromatic nitrogens is 3. The Morgan fingerprint density at radius 1 is 1.21 bits per heavy atom. The summed E-state index contributed by atoms with van der Waals surface area (Å²) in [7, 11) is 1.38. The van der Waals surface area contributed by atoms with Crippen LogP contribution in [-0.2, 0) is 28.9 Å². The molecule has 202 valence electrons. The molecule has 0 fully saturated rings. The fourth-order valence-corrected chi connectivity index (χ4v) is 6.71. The van der Waals surface area contributed by atoms with Crippen molar-refractivity contribution in [2.24, 2.45) is 0 Å². The van der Waals surface area contributed by atoms with E-state index in [0.29, 0.717) is 33.8 Å². The van der Waals surface area contributed by atoms with E-state index in [2.05, 4.69) is 38.0 Å². The molecule has 2 aromatic heterocycles. The van der Waals surface area contributed by atoms with Crippen molar-refractivity contribution in [1.82, 2.24) is 14.8 Å². The van der Waals surface area contributed by atoms with Crippen LogP contribution in [0.25, 0.3) is 0 Å². The normalized spacial score (nSPS) is 14.1. The highest BCUT2D eigenvalue weighted by Crippen LogP contribution is 2.37. The lowest BCUT2D eigenvalue weighted by atomic mass is 9.96. The molecule has 0 aliphatic heterocycles. The number of carbonyl (C=O) groups is 2. The van der Waals surface area contributed by atoms with Gasteiger partial charge in [-0.1, -0.05) is 46.6 Å². The van der Waals surface area contributed by atoms with Crippen LogP contribution in [0, 0.1) is 0 Å². The van der Waals surface area contributed by atoms with Crippen LogP contribution in [0.4, 0.5) is 5.00 Å². The highest BCUT2D eigenvalue weighted by molar-refractivity contribution is 9.10. The predicted molar refractivity (Wildman–Crippen MR) is 154 cm³/mol. The Kier molecular flexibility index (Phi) is 10.0. The molecule has 0 bridgehead atoms. The number of anilines is 1. The van der Waals surface area contributed by atoms with E-state index >= 15 is 0 Å². The average molecular weight is 620 g/mol. The number of aryl methyl sites for hydroxylation is 1. The molecule has 1 N–H and O–H groups in total. The molecule has 0 radical (unpaired) electrons. The molecular formula is C27H31BrN4O4S2. The topological polar surface area (TPSA) is 95.3 Å². The molecule has 0 saturated carbocycles. The van der Waals surface area contributed by atoms with Crippen molar-refractivity contribution in [3.63, 3.8) is 0 Å². The van der Waals surface area contributed by atoms with Crippen LogP contribution in [0.5, 0.6) is 5.75 Å². The van der Waals surface area contributed by atoms with Gasteiger partial charge in [-0.05, 0) is 62.4 Å². The van der Waals surface area contributed by atoms with E-state index in [1.807, 2.05) is 35.8 Å². The zero-order chi connectivity index (χ0) is 27.1. The number of ether oxygens (including phenoxy) is 2. The van der Waals surface area contributed by atoms with Gasteiger partial charge in [-0.2, -0.15) is 0 Å². The van der Waals surface area contributed by atoms with Crippen LogP contribution >= 0.6 is 39.0 Å². The molecule has 1 aromatic carbocycles. The first kappa shape index (κ1) is 28.4. The lowest BCUT2D eigenvalue weighted by Crippen LogP contribution is -2.17. The molecule has 1 aliphatic carbocycles. The zero-order valence-electron chi connectivity index (χ0n) is 21.5. The van der Waals surface area contributed by atoms with Crippen LogP contribution in [0.2, 0.25) is 0 Å². The van der Waals surface area contributed by atoms with E-state index in [9.17, 15) is 9.59 Å². The van der Waals surface area contributed by atoms with Gasteiger partial charge in [0.05, 0.1) is 18.4 Å². The van der Waals surface area contributed by atoms with E-state index in [-0.39, 0.29) is 17.8 Å². The molecular weight excluding hydrogens is 588 g/mol. The number of rotatable bonds is 10. The van der Waals surface area contributed by atoms with Crippen LogP contribution < -0.4 is 10.1 Å². The summed E-state index contributed by atoms with van der Waals surface area (Å²) in [4.78, 5) is 26.8. The van der Waals surface area contributed by atoms with Gasteiger partial charge in [-0.3, -0.25) is 9.36 Å². The van der Waals surface area contributed by atoms with Gasteiger partial charge in [0.25, 0.3) is 0 Å². The van der Waals surface area contributed by atoms with Crippen molar-refractivity contribution < 1.29 is 19.1 Å². The molecule has 3 aromatic rings. The lowest BCUT2D eigenvalue weighted by molar-refractivity contribution is -0.113. The molecule has 2 heterocycles. The minimum absolute atomic E-state index is 0.112. The number of thiophene rings is 1. The van der Waals surface area contributed by atoms with Crippen molar-refractivity contribution >= 4 is 55.9 Å². The predicted octanol–water partition coefficient (Wildman–Crippen LogP) is 6.60. The number of thioether (sulfide) groups is 1. The Morgan fingerprint density at radius 2 is 1.95 bits per heavy atom. The smallest absolute Gasteiger partial charge is 0.341 e. The fraction of sp³-hybridized carbons (Fsp3) is 0.407. The maximum atomic E-state index is 13.0. The van der Waals surface area contributed by atoms with Gasteiger partial charge in [0.1, 0.15) is 10.8 Å². The Hall–Kier alpha value is -2.63. The first-order chi connectivity index (χ1) is 18.4. The number of halogens is 1. The third-order valence-corrected chi connectivity index (χ3v) is 8.90. The monoisotopic (exact) mass is 618 g/mol. The number of nitrogens with one attached hydrogen (secondary N) is 1. The van der Waals surface area contributed by atoms with Gasteiger partial charge in [0.2, 0.25) is 5.91 Å². The summed E-state index contributed by atoms with van der Waals surface area (Å²) in [6, 6.07) is 7.58. The second kappa shape index (κ2) is 13.4. The largest absolute Gasteiger partial charge is 0.483 e. The number of fused-ring (bicyclic) bond motifs is 1. The minimum Gasteiger partial charge on any atom is -0.483 e. The molecule has 38 heavy (non-hydrogen) atoms. The van der Waals surface area contributed by atoms with Gasteiger partial charge in [0.15, 0.2) is 17.1 Å². The molecule has 1 amide bonds. The summed E-state index contributed by atoms with van der Waals surface area (Å²) in [6.45, 7) is 6.23. The number of methoxy groups -OCH3 is 1. The van der Waals surface area contributed by atoms with Crippen molar-refractivity contribution in [3.05, 3.63) is 63.2 Å². The van der Waals surface area contributed by atoms with Crippen molar-refractivity contribution in [2.75, 3.05) is 18.2 Å². The maximum Gasteiger partial charge on any atom is 0.341 e. The number of hydrogen-bond acceptors (Lipinski definition) is 8. The molecule has 1 unspecified atom stereocenters. The van der Waals surface area contributed by atoms with Gasteiger partial charge >= 0.3 is 5.97 Å². The first-order valence-corrected chi connectivity index (χ1v) is 15.1. The van der Waals surface area contributed by atoms with E-state index in [1.165, 1.54) is 41.5 Å². The number of amides is 1. The molecule has 1 atom stereocenters. The lowest BCUT2D eigenvalue weighted by Gasteiger charge is -2.15. The van der Waals surface area contributed by atoms with Gasteiger partial charge < -0.3 is 14.8 Å². The van der Waals surface area contributed by atoms with Gasteiger partial charge in [0, 0.05) is 15.9 Å². The number of nitrogens with zero attached hydrogens (tertiary/aromatic N) is 3. The standard InChI is InChI=1S/C27H31BrN4O4S2/c1-4-15-32-24(17(2)36-19-13-11-18(28)12-14-19)30-31-27(32)37-16-22(33)29-25-23(26(34)35-3)20-9-7-5-6-8-10-21(20)38-25/h4,11-14,17H,1,5-10,15-16H2,2-3H3,(H,29,33). The summed E-state index contributed by atoms with van der Waals surface area (Å²) >= 11 is 6.20. The number of benzene rings is 1. The first-order valence-electron chi connectivity index (χ1n) is 12.5. The summed E-state index contributed by atoms with van der Waals surface area (Å²) in [6.07, 6.45) is 7.59. The highest BCUT2D eigenvalue weighted by atomic mass is 79.9. The van der Waals surface area contributed by atoms with Crippen molar-refractivity contribution in [1.29, 1.82) is 0 Å². The number of allylic oxidation sites excluding steroid dienone is 1. The second-order valence-corrected chi connectivity index (χ2v) is 11.9. The molecule has 11 heteroatoms. The zero-order valence-corrected chi connectivity index (χ0v) is 24.7. The Labute approximate surface area is 239 Å².